The van der Waals surface area contributed by atoms with E-state index in [0.717, 1.165) is 18.5 Å². The number of anilines is 1. The molecule has 4 nitrogen and oxygen atoms in total. The molecule has 0 aromatic heterocycles. The van der Waals surface area contributed by atoms with Gasteiger partial charge >= 0.3 is 0 Å². The maximum atomic E-state index is 11.9. The molecule has 0 radical (unpaired) electrons. The van der Waals surface area contributed by atoms with Crippen LogP contribution in [0.4, 0.5) is 5.69 Å². The van der Waals surface area contributed by atoms with Gasteiger partial charge in [0.05, 0.1) is 5.75 Å². The SMILES string of the molecule is Cc1ccc(NS(=O)(=O)CCCCNC2CC2)cc1. The molecule has 0 spiro atoms. The van der Waals surface area contributed by atoms with Crippen molar-refractivity contribution in [3.05, 3.63) is 29.8 Å². The van der Waals surface area contributed by atoms with Crippen LogP contribution in [0.2, 0.25) is 0 Å². The van der Waals surface area contributed by atoms with E-state index in [9.17, 15) is 8.42 Å². The van der Waals surface area contributed by atoms with Crippen LogP contribution in [-0.2, 0) is 10.0 Å². The van der Waals surface area contributed by atoms with Crippen molar-refractivity contribution >= 4 is 15.7 Å². The number of sulfonamides is 1. The zero-order chi connectivity index (χ0) is 13.7. The van der Waals surface area contributed by atoms with Crippen molar-refractivity contribution < 1.29 is 8.42 Å². The summed E-state index contributed by atoms with van der Waals surface area (Å²) >= 11 is 0. The van der Waals surface area contributed by atoms with Crippen LogP contribution < -0.4 is 10.0 Å². The lowest BCUT2D eigenvalue weighted by molar-refractivity contribution is 0.591. The van der Waals surface area contributed by atoms with E-state index in [1.54, 1.807) is 12.1 Å². The lowest BCUT2D eigenvalue weighted by Crippen LogP contribution is -2.20. The molecule has 1 fully saturated rings. The van der Waals surface area contributed by atoms with E-state index in [-0.39, 0.29) is 5.75 Å². The van der Waals surface area contributed by atoms with Crippen LogP contribution in [0.15, 0.2) is 24.3 Å². The minimum atomic E-state index is -3.21. The van der Waals surface area contributed by atoms with Gasteiger partial charge in [-0.2, -0.15) is 0 Å². The Morgan fingerprint density at radius 3 is 2.47 bits per heavy atom. The quantitative estimate of drug-likeness (QED) is 0.719. The summed E-state index contributed by atoms with van der Waals surface area (Å²) in [6.45, 7) is 2.90. The van der Waals surface area contributed by atoms with Gasteiger partial charge in [-0.3, -0.25) is 4.72 Å². The van der Waals surface area contributed by atoms with E-state index in [4.69, 9.17) is 0 Å². The highest BCUT2D eigenvalue weighted by Crippen LogP contribution is 2.18. The van der Waals surface area contributed by atoms with Crippen LogP contribution in [0, 0.1) is 6.92 Å². The predicted octanol–water partition coefficient (Wildman–Crippen LogP) is 2.27. The highest BCUT2D eigenvalue weighted by Gasteiger charge is 2.19. The summed E-state index contributed by atoms with van der Waals surface area (Å²) in [6, 6.07) is 8.08. The third-order valence-corrected chi connectivity index (χ3v) is 4.55. The molecule has 2 N–H and O–H groups in total. The summed E-state index contributed by atoms with van der Waals surface area (Å²) in [5.41, 5.74) is 1.76. The zero-order valence-corrected chi connectivity index (χ0v) is 12.2. The first kappa shape index (κ1) is 14.3. The molecule has 0 saturated heterocycles. The predicted molar refractivity (Wildman–Crippen MR) is 78.8 cm³/mol. The van der Waals surface area contributed by atoms with Gasteiger partial charge in [-0.15, -0.1) is 0 Å². The first-order chi connectivity index (χ1) is 9.05. The fourth-order valence-electron chi connectivity index (χ4n) is 1.86. The molecule has 1 aliphatic rings. The van der Waals surface area contributed by atoms with E-state index in [0.29, 0.717) is 18.2 Å². The Balaban J connectivity index is 1.69. The number of unbranched alkanes of at least 4 members (excludes halogenated alkanes) is 1. The molecule has 0 amide bonds. The molecule has 0 aliphatic heterocycles. The number of hydrogen-bond donors (Lipinski definition) is 2. The molecule has 0 atom stereocenters. The molecule has 0 unspecified atom stereocenters. The summed E-state index contributed by atoms with van der Waals surface area (Å²) in [4.78, 5) is 0. The van der Waals surface area contributed by atoms with Crippen molar-refractivity contribution in [1.82, 2.24) is 5.32 Å². The number of rotatable bonds is 8. The maximum absolute atomic E-state index is 11.9. The Hall–Kier alpha value is -1.07. The average Bonchev–Trinajstić information content (AvgIpc) is 3.15. The van der Waals surface area contributed by atoms with Gasteiger partial charge < -0.3 is 5.32 Å². The van der Waals surface area contributed by atoms with Gasteiger partial charge in [-0.1, -0.05) is 17.7 Å². The van der Waals surface area contributed by atoms with E-state index in [2.05, 4.69) is 10.0 Å². The molecule has 5 heteroatoms. The van der Waals surface area contributed by atoms with Crippen LogP contribution in [-0.4, -0.2) is 26.8 Å². The summed E-state index contributed by atoms with van der Waals surface area (Å²) in [7, 11) is -3.21. The molecular formula is C14H22N2O2S. The van der Waals surface area contributed by atoms with Gasteiger partial charge in [-0.05, 0) is 51.3 Å². The lowest BCUT2D eigenvalue weighted by atomic mass is 10.2. The molecule has 1 aliphatic carbocycles. The highest BCUT2D eigenvalue weighted by atomic mass is 32.2. The molecule has 0 heterocycles. The van der Waals surface area contributed by atoms with Crippen LogP contribution in [0.5, 0.6) is 0 Å². The standard InChI is InChI=1S/C14H22N2O2S/c1-12-4-6-14(7-5-12)16-19(17,18)11-3-2-10-15-13-8-9-13/h4-7,13,15-16H,2-3,8-11H2,1H3. The zero-order valence-electron chi connectivity index (χ0n) is 11.4. The third-order valence-electron chi connectivity index (χ3n) is 3.18. The van der Waals surface area contributed by atoms with E-state index in [1.165, 1.54) is 12.8 Å². The Morgan fingerprint density at radius 1 is 1.16 bits per heavy atom. The molecule has 106 valence electrons. The van der Waals surface area contributed by atoms with Crippen LogP contribution in [0.25, 0.3) is 0 Å². The van der Waals surface area contributed by atoms with Crippen molar-refractivity contribution in [3.8, 4) is 0 Å². The number of benzene rings is 1. The van der Waals surface area contributed by atoms with Crippen molar-refractivity contribution in [2.75, 3.05) is 17.0 Å². The number of aryl methyl sites for hydroxylation is 1. The van der Waals surface area contributed by atoms with Gasteiger partial charge in [-0.25, -0.2) is 8.42 Å². The number of hydrogen-bond acceptors (Lipinski definition) is 3. The number of nitrogens with one attached hydrogen (secondary N) is 2. The molecule has 0 bridgehead atoms. The lowest BCUT2D eigenvalue weighted by Gasteiger charge is -2.08. The second-order valence-electron chi connectivity index (χ2n) is 5.22. The van der Waals surface area contributed by atoms with Gasteiger partial charge in [0, 0.05) is 11.7 Å². The van der Waals surface area contributed by atoms with E-state index < -0.39 is 10.0 Å². The molecule has 2 rings (SSSR count). The van der Waals surface area contributed by atoms with Gasteiger partial charge in [0.25, 0.3) is 0 Å². The van der Waals surface area contributed by atoms with Crippen LogP contribution in [0.3, 0.4) is 0 Å². The fourth-order valence-corrected chi connectivity index (χ4v) is 3.04. The Bertz CT molecular complexity index is 493. The first-order valence-electron chi connectivity index (χ1n) is 6.86. The second kappa shape index (κ2) is 6.39. The molecule has 1 aromatic carbocycles. The summed E-state index contributed by atoms with van der Waals surface area (Å²) in [6.07, 6.45) is 4.15. The van der Waals surface area contributed by atoms with Gasteiger partial charge in [0.1, 0.15) is 0 Å². The molecule has 19 heavy (non-hydrogen) atoms. The van der Waals surface area contributed by atoms with Crippen LogP contribution >= 0.6 is 0 Å². The molecule has 1 saturated carbocycles. The normalized spacial score (nSPS) is 15.4. The minimum absolute atomic E-state index is 0.188. The van der Waals surface area contributed by atoms with Crippen molar-refractivity contribution in [2.24, 2.45) is 0 Å². The van der Waals surface area contributed by atoms with Crippen LogP contribution in [0.1, 0.15) is 31.2 Å². The summed E-state index contributed by atoms with van der Waals surface area (Å²) < 4.78 is 26.3. The Morgan fingerprint density at radius 2 is 1.84 bits per heavy atom. The van der Waals surface area contributed by atoms with Gasteiger partial charge in [0.2, 0.25) is 10.0 Å². The Labute approximate surface area is 115 Å². The Kier molecular flexibility index (Phi) is 4.82. The van der Waals surface area contributed by atoms with Crippen molar-refractivity contribution in [2.45, 2.75) is 38.6 Å². The summed E-state index contributed by atoms with van der Waals surface area (Å²) in [5.74, 6) is 0.188. The van der Waals surface area contributed by atoms with E-state index >= 15 is 0 Å². The van der Waals surface area contributed by atoms with Gasteiger partial charge in [0.15, 0.2) is 0 Å². The summed E-state index contributed by atoms with van der Waals surface area (Å²) in [5, 5.41) is 3.38. The monoisotopic (exact) mass is 282 g/mol. The third kappa shape index (κ3) is 5.61. The maximum Gasteiger partial charge on any atom is 0.232 e. The fraction of sp³-hybridized carbons (Fsp3) is 0.571. The average molecular weight is 282 g/mol. The smallest absolute Gasteiger partial charge is 0.232 e. The van der Waals surface area contributed by atoms with Crippen molar-refractivity contribution in [1.29, 1.82) is 0 Å². The first-order valence-corrected chi connectivity index (χ1v) is 8.51. The molecule has 1 aromatic rings. The van der Waals surface area contributed by atoms with E-state index in [1.807, 2.05) is 19.1 Å². The highest BCUT2D eigenvalue weighted by molar-refractivity contribution is 7.92. The molecular weight excluding hydrogens is 260 g/mol. The minimum Gasteiger partial charge on any atom is -0.314 e. The van der Waals surface area contributed by atoms with Crippen molar-refractivity contribution in [3.63, 3.8) is 0 Å². The topological polar surface area (TPSA) is 58.2 Å². The second-order valence-corrected chi connectivity index (χ2v) is 7.06. The largest absolute Gasteiger partial charge is 0.314 e.